The highest BCUT2D eigenvalue weighted by Gasteiger charge is 2.31. The van der Waals surface area contributed by atoms with Crippen molar-refractivity contribution in [3.63, 3.8) is 0 Å². The van der Waals surface area contributed by atoms with E-state index >= 15 is 0 Å². The number of rotatable bonds is 5. The second-order valence-electron chi connectivity index (χ2n) is 5.05. The van der Waals surface area contributed by atoms with Gasteiger partial charge in [0.2, 0.25) is 0 Å². The fourth-order valence-electron chi connectivity index (χ4n) is 2.59. The zero-order chi connectivity index (χ0) is 14.1. The molecule has 1 aromatic carbocycles. The van der Waals surface area contributed by atoms with Crippen LogP contribution in [0.3, 0.4) is 0 Å². The van der Waals surface area contributed by atoms with Gasteiger partial charge in [-0.15, -0.1) is 0 Å². The van der Waals surface area contributed by atoms with Crippen molar-refractivity contribution in [1.82, 2.24) is 4.98 Å². The maximum atomic E-state index is 9.35. The van der Waals surface area contributed by atoms with Gasteiger partial charge < -0.3 is 15.7 Å². The fourth-order valence-corrected chi connectivity index (χ4v) is 2.74. The molecule has 0 atom stereocenters. The van der Waals surface area contributed by atoms with Crippen LogP contribution in [0.15, 0.2) is 30.5 Å². The number of hydrogen-bond acceptors (Lipinski definition) is 4. The Balaban J connectivity index is 2.23. The van der Waals surface area contributed by atoms with Gasteiger partial charge >= 0.3 is 0 Å². The summed E-state index contributed by atoms with van der Waals surface area (Å²) in [5.74, 6) is 0. The molecule has 1 saturated carbocycles. The molecule has 0 unspecified atom stereocenters. The van der Waals surface area contributed by atoms with Crippen LogP contribution in [0.4, 0.5) is 5.69 Å². The van der Waals surface area contributed by atoms with Crippen LogP contribution in [-0.4, -0.2) is 34.3 Å². The van der Waals surface area contributed by atoms with Crippen molar-refractivity contribution in [2.45, 2.75) is 18.9 Å². The molecule has 1 aliphatic carbocycles. The highest BCUT2D eigenvalue weighted by Crippen LogP contribution is 2.37. The molecule has 5 heteroatoms. The largest absolute Gasteiger partial charge is 0.395 e. The van der Waals surface area contributed by atoms with Crippen LogP contribution < -0.4 is 10.6 Å². The number of aliphatic hydroxyl groups is 1. The topological polar surface area (TPSA) is 62.4 Å². The molecular formula is C15H17N3OS. The first-order chi connectivity index (χ1) is 9.72. The van der Waals surface area contributed by atoms with Gasteiger partial charge in [-0.1, -0.05) is 30.4 Å². The smallest absolute Gasteiger partial charge is 0.107 e. The molecule has 3 rings (SSSR count). The summed E-state index contributed by atoms with van der Waals surface area (Å²) < 4.78 is 0. The van der Waals surface area contributed by atoms with Gasteiger partial charge in [0.15, 0.2) is 0 Å². The lowest BCUT2D eigenvalue weighted by molar-refractivity contribution is 0.301. The lowest BCUT2D eigenvalue weighted by Crippen LogP contribution is -2.31. The van der Waals surface area contributed by atoms with Gasteiger partial charge in [0, 0.05) is 24.2 Å². The van der Waals surface area contributed by atoms with E-state index in [0.717, 1.165) is 35.0 Å². The van der Waals surface area contributed by atoms with Crippen molar-refractivity contribution in [3.05, 3.63) is 36.0 Å². The van der Waals surface area contributed by atoms with E-state index in [1.165, 1.54) is 0 Å². The molecule has 1 heterocycles. The van der Waals surface area contributed by atoms with Crippen molar-refractivity contribution >= 4 is 33.8 Å². The molecule has 2 aromatic rings. The molecule has 0 aliphatic heterocycles. The second-order valence-corrected chi connectivity index (χ2v) is 5.49. The second kappa shape index (κ2) is 5.34. The van der Waals surface area contributed by atoms with Crippen LogP contribution in [0.1, 0.15) is 18.4 Å². The van der Waals surface area contributed by atoms with Crippen molar-refractivity contribution in [3.8, 4) is 0 Å². The Morgan fingerprint density at radius 2 is 2.15 bits per heavy atom. The van der Waals surface area contributed by atoms with Gasteiger partial charge in [-0.05, 0) is 18.9 Å². The lowest BCUT2D eigenvalue weighted by Gasteiger charge is -2.27. The predicted octanol–water partition coefficient (Wildman–Crippen LogP) is 1.83. The van der Waals surface area contributed by atoms with Crippen molar-refractivity contribution < 1.29 is 5.11 Å². The van der Waals surface area contributed by atoms with Gasteiger partial charge in [-0.3, -0.25) is 4.98 Å². The summed E-state index contributed by atoms with van der Waals surface area (Å²) in [4.78, 5) is 7.00. The van der Waals surface area contributed by atoms with Gasteiger partial charge in [0.05, 0.1) is 23.4 Å². The monoisotopic (exact) mass is 287 g/mol. The molecule has 20 heavy (non-hydrogen) atoms. The van der Waals surface area contributed by atoms with Gasteiger partial charge in [-0.25, -0.2) is 0 Å². The Kier molecular flexibility index (Phi) is 3.54. The Hall–Kier alpha value is -1.72. The number of para-hydroxylation sites is 1. The Morgan fingerprint density at radius 1 is 1.40 bits per heavy atom. The molecule has 1 aromatic heterocycles. The van der Waals surface area contributed by atoms with E-state index in [-0.39, 0.29) is 6.61 Å². The Morgan fingerprint density at radius 3 is 2.80 bits per heavy atom. The summed E-state index contributed by atoms with van der Waals surface area (Å²) in [6.45, 7) is 0.707. The molecule has 0 spiro atoms. The zero-order valence-electron chi connectivity index (χ0n) is 11.1. The molecule has 0 bridgehead atoms. The van der Waals surface area contributed by atoms with Crippen LogP contribution in [-0.2, 0) is 0 Å². The highest BCUT2D eigenvalue weighted by molar-refractivity contribution is 7.80. The standard InChI is InChI=1S/C15H17N3OS/c16-15(20)12-9-17-13-4-2-1-3-11(13)14(12)18(7-8-19)10-5-6-10/h1-4,9-10,19H,5-8H2,(H2,16,20). The van der Waals surface area contributed by atoms with Gasteiger partial charge in [-0.2, -0.15) is 0 Å². The summed E-state index contributed by atoms with van der Waals surface area (Å²) in [5.41, 5.74) is 8.59. The number of aromatic nitrogens is 1. The molecule has 0 amide bonds. The number of hydrogen-bond donors (Lipinski definition) is 2. The first-order valence-corrected chi connectivity index (χ1v) is 7.18. The van der Waals surface area contributed by atoms with E-state index in [4.69, 9.17) is 18.0 Å². The number of fused-ring (bicyclic) bond motifs is 1. The number of pyridine rings is 1. The number of nitrogens with two attached hydrogens (primary N) is 1. The predicted molar refractivity (Wildman–Crippen MR) is 85.1 cm³/mol. The maximum Gasteiger partial charge on any atom is 0.107 e. The van der Waals surface area contributed by atoms with Crippen LogP contribution >= 0.6 is 12.2 Å². The third kappa shape index (κ3) is 2.34. The Bertz CT molecular complexity index is 655. The van der Waals surface area contributed by atoms with Crippen LogP contribution in [0, 0.1) is 0 Å². The lowest BCUT2D eigenvalue weighted by atomic mass is 10.1. The fraction of sp³-hybridized carbons (Fsp3) is 0.333. The molecule has 3 N–H and O–H groups in total. The summed E-state index contributed by atoms with van der Waals surface area (Å²) in [5, 5.41) is 10.4. The summed E-state index contributed by atoms with van der Waals surface area (Å²) in [6, 6.07) is 8.44. The van der Waals surface area contributed by atoms with Crippen molar-refractivity contribution in [2.24, 2.45) is 5.73 Å². The Labute approximate surface area is 123 Å². The summed E-state index contributed by atoms with van der Waals surface area (Å²) >= 11 is 5.17. The van der Waals surface area contributed by atoms with E-state index in [0.29, 0.717) is 17.6 Å². The SMILES string of the molecule is NC(=S)c1cnc2ccccc2c1N(CCO)C1CC1. The van der Waals surface area contributed by atoms with E-state index in [1.807, 2.05) is 24.3 Å². The molecule has 1 aliphatic rings. The molecular weight excluding hydrogens is 270 g/mol. The highest BCUT2D eigenvalue weighted by atomic mass is 32.1. The third-order valence-corrected chi connectivity index (χ3v) is 3.85. The normalized spacial score (nSPS) is 14.4. The first-order valence-electron chi connectivity index (χ1n) is 6.77. The number of thiocarbonyl (C=S) groups is 1. The van der Waals surface area contributed by atoms with E-state index in [9.17, 15) is 5.11 Å². The zero-order valence-corrected chi connectivity index (χ0v) is 11.9. The minimum atomic E-state index is 0.115. The van der Waals surface area contributed by atoms with Gasteiger partial charge in [0.25, 0.3) is 0 Å². The van der Waals surface area contributed by atoms with Crippen LogP contribution in [0.25, 0.3) is 10.9 Å². The number of benzene rings is 1. The third-order valence-electron chi connectivity index (χ3n) is 3.63. The molecule has 1 fully saturated rings. The molecule has 4 nitrogen and oxygen atoms in total. The first kappa shape index (κ1) is 13.3. The minimum Gasteiger partial charge on any atom is -0.395 e. The van der Waals surface area contributed by atoms with Crippen LogP contribution in [0.2, 0.25) is 0 Å². The molecule has 0 radical (unpaired) electrons. The van der Waals surface area contributed by atoms with Crippen molar-refractivity contribution in [2.75, 3.05) is 18.1 Å². The molecule has 0 saturated heterocycles. The average Bonchev–Trinajstić information content (AvgIpc) is 3.28. The maximum absolute atomic E-state index is 9.35. The van der Waals surface area contributed by atoms with Crippen LogP contribution in [0.5, 0.6) is 0 Å². The van der Waals surface area contributed by atoms with Gasteiger partial charge in [0.1, 0.15) is 4.99 Å². The number of anilines is 1. The summed E-state index contributed by atoms with van der Waals surface area (Å²) in [6.07, 6.45) is 4.04. The quantitative estimate of drug-likeness (QED) is 0.822. The minimum absolute atomic E-state index is 0.115. The van der Waals surface area contributed by atoms with Crippen molar-refractivity contribution in [1.29, 1.82) is 0 Å². The summed E-state index contributed by atoms with van der Waals surface area (Å²) in [7, 11) is 0. The van der Waals surface area contributed by atoms with E-state index in [2.05, 4.69) is 9.88 Å². The average molecular weight is 287 g/mol. The van der Waals surface area contributed by atoms with E-state index in [1.54, 1.807) is 6.20 Å². The number of nitrogens with zero attached hydrogens (tertiary/aromatic N) is 2. The molecule has 104 valence electrons. The number of aliphatic hydroxyl groups excluding tert-OH is 1. The van der Waals surface area contributed by atoms with E-state index < -0.39 is 0 Å².